The number of nitrogens with zero attached hydrogens (tertiary/aromatic N) is 1. The van der Waals surface area contributed by atoms with E-state index in [9.17, 15) is 14.9 Å². The summed E-state index contributed by atoms with van der Waals surface area (Å²) in [5.41, 5.74) is 0.00151. The van der Waals surface area contributed by atoms with Crippen LogP contribution in [0.15, 0.2) is 48.5 Å². The molecule has 0 atom stereocenters. The van der Waals surface area contributed by atoms with E-state index in [2.05, 4.69) is 0 Å². The van der Waals surface area contributed by atoms with Crippen LogP contribution < -0.4 is 0 Å². The average Bonchev–Trinajstić information content (AvgIpc) is 2.51. The monoisotopic (exact) mass is 275 g/mol. The van der Waals surface area contributed by atoms with Crippen molar-refractivity contribution in [2.75, 3.05) is 0 Å². The van der Waals surface area contributed by atoms with Crippen molar-refractivity contribution in [1.29, 1.82) is 0 Å². The van der Waals surface area contributed by atoms with Crippen LogP contribution in [0.1, 0.15) is 10.4 Å². The number of hydrogen-bond acceptors (Lipinski definition) is 3. The maximum absolute atomic E-state index is 11.4. The molecule has 4 heteroatoms. The molecule has 21 heavy (non-hydrogen) atoms. The third-order valence-corrected chi connectivity index (χ3v) is 3.98. The van der Waals surface area contributed by atoms with Crippen molar-refractivity contribution in [3.05, 3.63) is 64.2 Å². The molecule has 100 valence electrons. The Labute approximate surface area is 119 Å². The first-order chi connectivity index (χ1) is 10.2. The van der Waals surface area contributed by atoms with Gasteiger partial charge in [-0.3, -0.25) is 14.9 Å². The van der Waals surface area contributed by atoms with Crippen LogP contribution in [0.4, 0.5) is 5.69 Å². The predicted molar refractivity (Wildman–Crippen MR) is 82.2 cm³/mol. The summed E-state index contributed by atoms with van der Waals surface area (Å²) < 4.78 is 0. The fraction of sp³-hybridized carbons (Fsp3) is 0. The standard InChI is InChI=1S/C17H9NO3/c19-9-14-13-7-6-11-3-1-2-10-4-5-12(17(13)16(10)11)8-15(14)18(20)21/h1-9H. The molecule has 4 aromatic rings. The van der Waals surface area contributed by atoms with E-state index in [4.69, 9.17) is 0 Å². The zero-order valence-corrected chi connectivity index (χ0v) is 10.9. The van der Waals surface area contributed by atoms with Crippen molar-refractivity contribution < 1.29 is 9.72 Å². The van der Waals surface area contributed by atoms with Gasteiger partial charge in [0.15, 0.2) is 6.29 Å². The lowest BCUT2D eigenvalue weighted by Gasteiger charge is -2.11. The lowest BCUT2D eigenvalue weighted by atomic mass is 9.91. The van der Waals surface area contributed by atoms with Crippen molar-refractivity contribution in [2.24, 2.45) is 0 Å². The molecule has 0 saturated heterocycles. The minimum atomic E-state index is -0.502. The highest BCUT2D eigenvalue weighted by Crippen LogP contribution is 2.38. The summed E-state index contributed by atoms with van der Waals surface area (Å²) in [4.78, 5) is 22.1. The minimum Gasteiger partial charge on any atom is -0.298 e. The number of rotatable bonds is 2. The van der Waals surface area contributed by atoms with Gasteiger partial charge in [0.25, 0.3) is 5.69 Å². The molecule has 0 bridgehead atoms. The van der Waals surface area contributed by atoms with Crippen LogP contribution in [0.5, 0.6) is 0 Å². The first kappa shape index (κ1) is 11.8. The maximum Gasteiger partial charge on any atom is 0.281 e. The van der Waals surface area contributed by atoms with Gasteiger partial charge in [0, 0.05) is 11.5 Å². The smallest absolute Gasteiger partial charge is 0.281 e. The average molecular weight is 275 g/mol. The molecule has 0 unspecified atom stereocenters. The molecular weight excluding hydrogens is 266 g/mol. The second kappa shape index (κ2) is 3.99. The van der Waals surface area contributed by atoms with Gasteiger partial charge in [-0.2, -0.15) is 0 Å². The van der Waals surface area contributed by atoms with E-state index in [1.807, 2.05) is 36.4 Å². The zero-order chi connectivity index (χ0) is 14.6. The summed E-state index contributed by atoms with van der Waals surface area (Å²) in [5.74, 6) is 0. The number of nitro benzene ring substituents is 1. The van der Waals surface area contributed by atoms with E-state index < -0.39 is 4.92 Å². The first-order valence-electron chi connectivity index (χ1n) is 6.51. The van der Waals surface area contributed by atoms with Crippen LogP contribution in [-0.4, -0.2) is 11.2 Å². The molecule has 4 rings (SSSR count). The number of carbonyl (C=O) groups excluding carboxylic acids is 1. The van der Waals surface area contributed by atoms with E-state index in [1.54, 1.807) is 6.07 Å². The largest absolute Gasteiger partial charge is 0.298 e. The highest BCUT2D eigenvalue weighted by atomic mass is 16.6. The van der Waals surface area contributed by atoms with Crippen LogP contribution in [0, 0.1) is 10.1 Å². The lowest BCUT2D eigenvalue weighted by molar-refractivity contribution is -0.384. The molecule has 0 saturated carbocycles. The van der Waals surface area contributed by atoms with Gasteiger partial charge in [-0.05, 0) is 26.9 Å². The summed E-state index contributed by atoms with van der Waals surface area (Å²) in [7, 11) is 0. The molecule has 0 aliphatic rings. The van der Waals surface area contributed by atoms with Crippen molar-refractivity contribution >= 4 is 44.3 Å². The van der Waals surface area contributed by atoms with Crippen molar-refractivity contribution in [2.45, 2.75) is 0 Å². The third-order valence-electron chi connectivity index (χ3n) is 3.98. The summed E-state index contributed by atoms with van der Waals surface area (Å²) >= 11 is 0. The first-order valence-corrected chi connectivity index (χ1v) is 6.51. The van der Waals surface area contributed by atoms with Gasteiger partial charge in [-0.1, -0.05) is 42.5 Å². The Hall–Kier alpha value is -3.01. The van der Waals surface area contributed by atoms with E-state index in [0.717, 1.165) is 26.9 Å². The number of hydrogen-bond donors (Lipinski definition) is 0. The molecule has 0 amide bonds. The van der Waals surface area contributed by atoms with Crippen LogP contribution in [0.3, 0.4) is 0 Å². The van der Waals surface area contributed by atoms with Crippen LogP contribution >= 0.6 is 0 Å². The second-order valence-electron chi connectivity index (χ2n) is 5.04. The molecule has 0 aromatic heterocycles. The molecule has 0 heterocycles. The van der Waals surface area contributed by atoms with Gasteiger partial charge in [0.1, 0.15) is 0 Å². The van der Waals surface area contributed by atoms with Crippen molar-refractivity contribution in [3.63, 3.8) is 0 Å². The maximum atomic E-state index is 11.4. The number of nitro groups is 1. The minimum absolute atomic E-state index is 0.143. The van der Waals surface area contributed by atoms with Crippen LogP contribution in [-0.2, 0) is 0 Å². The summed E-state index contributed by atoms with van der Waals surface area (Å²) in [5, 5.41) is 16.7. The highest BCUT2D eigenvalue weighted by molar-refractivity contribution is 6.26. The molecule has 0 aliphatic heterocycles. The van der Waals surface area contributed by atoms with Crippen molar-refractivity contribution in [1.82, 2.24) is 0 Å². The van der Waals surface area contributed by atoms with Gasteiger partial charge in [-0.15, -0.1) is 0 Å². The molecule has 0 spiro atoms. The Morgan fingerprint density at radius 1 is 0.905 bits per heavy atom. The molecule has 0 radical (unpaired) electrons. The van der Waals surface area contributed by atoms with Crippen LogP contribution in [0.25, 0.3) is 32.3 Å². The predicted octanol–water partition coefficient (Wildman–Crippen LogP) is 4.30. The number of aldehydes is 1. The SMILES string of the molecule is O=Cc1c([N+](=O)[O-])cc2ccc3cccc4ccc1c2c34. The topological polar surface area (TPSA) is 60.2 Å². The Morgan fingerprint density at radius 3 is 2.24 bits per heavy atom. The van der Waals surface area contributed by atoms with E-state index in [1.165, 1.54) is 6.07 Å². The number of carbonyl (C=O) groups is 1. The van der Waals surface area contributed by atoms with Gasteiger partial charge >= 0.3 is 0 Å². The molecule has 0 fully saturated rings. The Morgan fingerprint density at radius 2 is 1.57 bits per heavy atom. The van der Waals surface area contributed by atoms with Gasteiger partial charge in [0.2, 0.25) is 0 Å². The lowest BCUT2D eigenvalue weighted by Crippen LogP contribution is -1.97. The van der Waals surface area contributed by atoms with E-state index in [0.29, 0.717) is 11.7 Å². The Kier molecular flexibility index (Phi) is 2.24. The molecular formula is C17H9NO3. The fourth-order valence-electron chi connectivity index (χ4n) is 3.09. The van der Waals surface area contributed by atoms with Crippen LogP contribution in [0.2, 0.25) is 0 Å². The quantitative estimate of drug-likeness (QED) is 0.237. The highest BCUT2D eigenvalue weighted by Gasteiger charge is 2.20. The van der Waals surface area contributed by atoms with Gasteiger partial charge < -0.3 is 0 Å². The summed E-state index contributed by atoms with van der Waals surface area (Å²) in [6.45, 7) is 0. The van der Waals surface area contributed by atoms with Gasteiger partial charge in [0.05, 0.1) is 10.5 Å². The molecule has 4 aromatic carbocycles. The molecule has 4 nitrogen and oxygen atoms in total. The van der Waals surface area contributed by atoms with Crippen molar-refractivity contribution in [3.8, 4) is 0 Å². The molecule has 0 aliphatic carbocycles. The number of benzene rings is 4. The Bertz CT molecular complexity index is 1020. The second-order valence-corrected chi connectivity index (χ2v) is 5.04. The van der Waals surface area contributed by atoms with Gasteiger partial charge in [-0.25, -0.2) is 0 Å². The Balaban J connectivity index is 2.36. The zero-order valence-electron chi connectivity index (χ0n) is 10.9. The third kappa shape index (κ3) is 1.47. The fourth-order valence-corrected chi connectivity index (χ4v) is 3.09. The normalized spacial score (nSPS) is 11.4. The van der Waals surface area contributed by atoms with E-state index in [-0.39, 0.29) is 11.3 Å². The summed E-state index contributed by atoms with van der Waals surface area (Å²) in [6, 6.07) is 15.0. The van der Waals surface area contributed by atoms with E-state index >= 15 is 0 Å². The molecule has 0 N–H and O–H groups in total. The summed E-state index contributed by atoms with van der Waals surface area (Å²) in [6.07, 6.45) is 0.573.